The number of carbonyl (C=O) groups excluding carboxylic acids is 3. The number of nitrogens with one attached hydrogen (secondary N) is 1. The fraction of sp³-hybridized carbons (Fsp3) is 0.471. The summed E-state index contributed by atoms with van der Waals surface area (Å²) in [6.45, 7) is 8.13. The Kier molecular flexibility index (Phi) is 7.38. The third-order valence-corrected chi connectivity index (χ3v) is 2.82. The standard InChI is InChI=1S/C17H23NO6/c1-10(2)18-9-17(24-13(5)21)14-6-15(22-11(3)19)8-16(7-14)23-12(4)20/h6-8,10,17-18H,9H2,1-5H3/t17-/m0/s1. The minimum atomic E-state index is -0.616. The second kappa shape index (κ2) is 9.02. The molecule has 132 valence electrons. The van der Waals surface area contributed by atoms with E-state index in [2.05, 4.69) is 5.32 Å². The molecular formula is C17H23NO6. The number of esters is 3. The highest BCUT2D eigenvalue weighted by Crippen LogP contribution is 2.29. The van der Waals surface area contributed by atoms with Crippen LogP contribution in [0.3, 0.4) is 0 Å². The third-order valence-electron chi connectivity index (χ3n) is 2.82. The van der Waals surface area contributed by atoms with Crippen molar-refractivity contribution < 1.29 is 28.6 Å². The van der Waals surface area contributed by atoms with Crippen LogP contribution >= 0.6 is 0 Å². The molecule has 7 nitrogen and oxygen atoms in total. The summed E-state index contributed by atoms with van der Waals surface area (Å²) in [5, 5.41) is 3.18. The lowest BCUT2D eigenvalue weighted by Gasteiger charge is -2.20. The van der Waals surface area contributed by atoms with Gasteiger partial charge in [-0.1, -0.05) is 13.8 Å². The van der Waals surface area contributed by atoms with E-state index >= 15 is 0 Å². The lowest BCUT2D eigenvalue weighted by molar-refractivity contribution is -0.146. The summed E-state index contributed by atoms with van der Waals surface area (Å²) < 4.78 is 15.5. The van der Waals surface area contributed by atoms with Crippen LogP contribution in [0.15, 0.2) is 18.2 Å². The molecule has 24 heavy (non-hydrogen) atoms. The van der Waals surface area contributed by atoms with Crippen LogP contribution in [-0.2, 0) is 19.1 Å². The first kappa shape index (κ1) is 19.6. The third kappa shape index (κ3) is 7.23. The van der Waals surface area contributed by atoms with Crippen molar-refractivity contribution >= 4 is 17.9 Å². The lowest BCUT2D eigenvalue weighted by atomic mass is 10.1. The molecule has 1 N–H and O–H groups in total. The summed E-state index contributed by atoms with van der Waals surface area (Å²) in [5.41, 5.74) is 0.549. The molecule has 0 radical (unpaired) electrons. The van der Waals surface area contributed by atoms with Crippen molar-refractivity contribution in [1.29, 1.82) is 0 Å². The van der Waals surface area contributed by atoms with Crippen molar-refractivity contribution in [2.75, 3.05) is 6.54 Å². The summed E-state index contributed by atoms with van der Waals surface area (Å²) in [4.78, 5) is 33.8. The zero-order valence-corrected chi connectivity index (χ0v) is 14.5. The Labute approximate surface area is 141 Å². The van der Waals surface area contributed by atoms with E-state index < -0.39 is 24.0 Å². The Balaban J connectivity index is 3.19. The SMILES string of the molecule is CC(=O)Oc1cc(OC(C)=O)cc([C@H](CNC(C)C)OC(C)=O)c1. The van der Waals surface area contributed by atoms with Crippen LogP contribution in [0.25, 0.3) is 0 Å². The zero-order chi connectivity index (χ0) is 18.3. The first-order valence-corrected chi connectivity index (χ1v) is 7.59. The molecule has 0 unspecified atom stereocenters. The second-order valence-electron chi connectivity index (χ2n) is 5.59. The average Bonchev–Trinajstić information content (AvgIpc) is 2.40. The molecule has 7 heteroatoms. The van der Waals surface area contributed by atoms with Crippen LogP contribution in [0, 0.1) is 0 Å². The first-order chi connectivity index (χ1) is 11.2. The van der Waals surface area contributed by atoms with Gasteiger partial charge in [0.1, 0.15) is 17.6 Å². The Bertz CT molecular complexity index is 577. The molecule has 0 fully saturated rings. The van der Waals surface area contributed by atoms with Gasteiger partial charge in [-0.25, -0.2) is 0 Å². The van der Waals surface area contributed by atoms with Gasteiger partial charge in [0.15, 0.2) is 0 Å². The average molecular weight is 337 g/mol. The fourth-order valence-electron chi connectivity index (χ4n) is 2.00. The summed E-state index contributed by atoms with van der Waals surface area (Å²) in [6, 6.07) is 4.76. The van der Waals surface area contributed by atoms with Crippen LogP contribution in [0.4, 0.5) is 0 Å². The molecule has 1 rings (SSSR count). The highest BCUT2D eigenvalue weighted by atomic mass is 16.6. The molecule has 0 aliphatic rings. The quantitative estimate of drug-likeness (QED) is 0.602. The van der Waals surface area contributed by atoms with Crippen molar-refractivity contribution in [2.45, 2.75) is 46.8 Å². The molecular weight excluding hydrogens is 314 g/mol. The molecule has 0 saturated carbocycles. The maximum Gasteiger partial charge on any atom is 0.308 e. The van der Waals surface area contributed by atoms with E-state index in [9.17, 15) is 14.4 Å². The van der Waals surface area contributed by atoms with Gasteiger partial charge < -0.3 is 19.5 Å². The molecule has 0 saturated heterocycles. The van der Waals surface area contributed by atoms with Gasteiger partial charge in [0.25, 0.3) is 0 Å². The first-order valence-electron chi connectivity index (χ1n) is 7.59. The normalized spacial score (nSPS) is 11.8. The Hall–Kier alpha value is -2.41. The number of benzene rings is 1. The Morgan fingerprint density at radius 2 is 1.42 bits per heavy atom. The molecule has 1 atom stereocenters. The summed E-state index contributed by atoms with van der Waals surface area (Å²) >= 11 is 0. The monoisotopic (exact) mass is 337 g/mol. The molecule has 1 aromatic rings. The number of carbonyl (C=O) groups is 3. The van der Waals surface area contributed by atoms with Crippen LogP contribution in [0.5, 0.6) is 11.5 Å². The van der Waals surface area contributed by atoms with Gasteiger partial charge in [-0.3, -0.25) is 14.4 Å². The number of rotatable bonds is 7. The topological polar surface area (TPSA) is 90.9 Å². The molecule has 0 aliphatic carbocycles. The van der Waals surface area contributed by atoms with Gasteiger partial charge in [-0.2, -0.15) is 0 Å². The van der Waals surface area contributed by atoms with Gasteiger partial charge >= 0.3 is 17.9 Å². The predicted octanol–water partition coefficient (Wildman–Crippen LogP) is 2.14. The van der Waals surface area contributed by atoms with Gasteiger partial charge in [0.05, 0.1) is 0 Å². The number of hydrogen-bond acceptors (Lipinski definition) is 7. The molecule has 0 amide bonds. The molecule has 1 aromatic carbocycles. The van der Waals surface area contributed by atoms with Crippen molar-refractivity contribution in [3.05, 3.63) is 23.8 Å². The van der Waals surface area contributed by atoms with Gasteiger partial charge in [-0.15, -0.1) is 0 Å². The minimum absolute atomic E-state index is 0.188. The van der Waals surface area contributed by atoms with Gasteiger partial charge in [0, 0.05) is 45.0 Å². The number of hydrogen-bond donors (Lipinski definition) is 1. The molecule has 0 aromatic heterocycles. The van der Waals surface area contributed by atoms with E-state index in [1.807, 2.05) is 13.8 Å². The Morgan fingerprint density at radius 3 is 1.79 bits per heavy atom. The van der Waals surface area contributed by atoms with Crippen LogP contribution in [0.1, 0.15) is 46.3 Å². The van der Waals surface area contributed by atoms with Crippen LogP contribution < -0.4 is 14.8 Å². The molecule has 0 spiro atoms. The van der Waals surface area contributed by atoms with E-state index in [0.29, 0.717) is 12.1 Å². The summed E-state index contributed by atoms with van der Waals surface area (Å²) in [5.74, 6) is -1.05. The fourth-order valence-corrected chi connectivity index (χ4v) is 2.00. The predicted molar refractivity (Wildman–Crippen MR) is 86.7 cm³/mol. The molecule has 0 heterocycles. The molecule has 0 bridgehead atoms. The van der Waals surface area contributed by atoms with Crippen molar-refractivity contribution in [3.8, 4) is 11.5 Å². The van der Waals surface area contributed by atoms with Gasteiger partial charge in [0.2, 0.25) is 0 Å². The minimum Gasteiger partial charge on any atom is -0.456 e. The van der Waals surface area contributed by atoms with Crippen molar-refractivity contribution in [2.24, 2.45) is 0 Å². The van der Waals surface area contributed by atoms with E-state index in [0.717, 1.165) is 0 Å². The van der Waals surface area contributed by atoms with Gasteiger partial charge in [-0.05, 0) is 12.1 Å². The van der Waals surface area contributed by atoms with E-state index in [4.69, 9.17) is 14.2 Å². The number of ether oxygens (including phenoxy) is 3. The second-order valence-corrected chi connectivity index (χ2v) is 5.59. The van der Waals surface area contributed by atoms with E-state index in [1.54, 1.807) is 12.1 Å². The largest absolute Gasteiger partial charge is 0.456 e. The van der Waals surface area contributed by atoms with Crippen LogP contribution in [-0.4, -0.2) is 30.5 Å². The molecule has 0 aliphatic heterocycles. The summed E-state index contributed by atoms with van der Waals surface area (Å²) in [7, 11) is 0. The zero-order valence-electron chi connectivity index (χ0n) is 14.5. The smallest absolute Gasteiger partial charge is 0.308 e. The Morgan fingerprint density at radius 1 is 0.917 bits per heavy atom. The van der Waals surface area contributed by atoms with E-state index in [-0.39, 0.29) is 17.5 Å². The van der Waals surface area contributed by atoms with E-state index in [1.165, 1.54) is 26.8 Å². The lowest BCUT2D eigenvalue weighted by Crippen LogP contribution is -2.30. The maximum absolute atomic E-state index is 11.4. The highest BCUT2D eigenvalue weighted by molar-refractivity contribution is 5.71. The highest BCUT2D eigenvalue weighted by Gasteiger charge is 2.18. The van der Waals surface area contributed by atoms with Crippen LogP contribution in [0.2, 0.25) is 0 Å². The summed E-state index contributed by atoms with van der Waals surface area (Å²) in [6.07, 6.45) is -0.616. The van der Waals surface area contributed by atoms with Crippen molar-refractivity contribution in [3.63, 3.8) is 0 Å². The van der Waals surface area contributed by atoms with Crippen molar-refractivity contribution in [1.82, 2.24) is 5.32 Å². The maximum atomic E-state index is 11.4.